The van der Waals surface area contributed by atoms with E-state index in [-0.39, 0.29) is 6.61 Å². The van der Waals surface area contributed by atoms with Crippen LogP contribution < -0.4 is 5.32 Å². The van der Waals surface area contributed by atoms with Crippen LogP contribution in [-0.4, -0.2) is 24.4 Å². The molecule has 0 spiro atoms. The molecule has 0 aliphatic rings. The number of nitrogens with one attached hydrogen (secondary N) is 1. The first-order chi connectivity index (χ1) is 8.67. The van der Waals surface area contributed by atoms with E-state index in [9.17, 15) is 4.79 Å². The van der Waals surface area contributed by atoms with Crippen LogP contribution in [0.15, 0.2) is 18.2 Å². The van der Waals surface area contributed by atoms with Gasteiger partial charge in [0.05, 0.1) is 13.2 Å². The predicted molar refractivity (Wildman–Crippen MR) is 70.4 cm³/mol. The Morgan fingerprint density at radius 2 is 2.28 bits per heavy atom. The van der Waals surface area contributed by atoms with Gasteiger partial charge in [-0.15, -0.1) is 0 Å². The fraction of sp³-hybridized carbons (Fsp3) is 0.357. The maximum Gasteiger partial charge on any atom is 0.411 e. The normalized spacial score (nSPS) is 9.28. The molecule has 1 amide bonds. The number of aliphatic hydroxyl groups is 1. The lowest BCUT2D eigenvalue weighted by Gasteiger charge is -2.08. The minimum absolute atomic E-state index is 0.0640. The second kappa shape index (κ2) is 7.36. The highest BCUT2D eigenvalue weighted by atomic mass is 16.5. The van der Waals surface area contributed by atoms with Crippen molar-refractivity contribution in [2.24, 2.45) is 0 Å². The van der Waals surface area contributed by atoms with Crippen LogP contribution in [0.4, 0.5) is 10.5 Å². The summed E-state index contributed by atoms with van der Waals surface area (Å²) in [5, 5.41) is 11.3. The highest BCUT2D eigenvalue weighted by Gasteiger charge is 2.04. The Morgan fingerprint density at radius 1 is 1.50 bits per heavy atom. The van der Waals surface area contributed by atoms with Gasteiger partial charge in [0.15, 0.2) is 0 Å². The molecular formula is C14H17NO3. The van der Waals surface area contributed by atoms with Gasteiger partial charge in [-0.2, -0.15) is 0 Å². The summed E-state index contributed by atoms with van der Waals surface area (Å²) >= 11 is 0. The zero-order valence-corrected chi connectivity index (χ0v) is 10.6. The summed E-state index contributed by atoms with van der Waals surface area (Å²) in [6, 6.07) is 5.49. The van der Waals surface area contributed by atoms with Gasteiger partial charge in [0.25, 0.3) is 0 Å². The number of aryl methyl sites for hydroxylation is 1. The van der Waals surface area contributed by atoms with Crippen LogP contribution in [0.1, 0.15) is 24.5 Å². The number of hydrogen-bond acceptors (Lipinski definition) is 3. The van der Waals surface area contributed by atoms with Crippen molar-refractivity contribution in [1.29, 1.82) is 0 Å². The molecule has 4 nitrogen and oxygen atoms in total. The first kappa shape index (κ1) is 14.1. The van der Waals surface area contributed by atoms with Crippen LogP contribution in [0.2, 0.25) is 0 Å². The Kier molecular flexibility index (Phi) is 5.75. The average Bonchev–Trinajstić information content (AvgIpc) is 2.33. The van der Waals surface area contributed by atoms with Crippen LogP contribution in [0.3, 0.4) is 0 Å². The third-order valence-corrected chi connectivity index (χ3v) is 2.21. The summed E-state index contributed by atoms with van der Waals surface area (Å²) in [6.45, 7) is 4.05. The van der Waals surface area contributed by atoms with Crippen LogP contribution in [0.5, 0.6) is 0 Å². The molecule has 1 aromatic carbocycles. The number of benzene rings is 1. The van der Waals surface area contributed by atoms with Crippen LogP contribution >= 0.6 is 0 Å². The minimum Gasteiger partial charge on any atom is -0.450 e. The van der Waals surface area contributed by atoms with Gasteiger partial charge in [-0.1, -0.05) is 11.8 Å². The molecule has 18 heavy (non-hydrogen) atoms. The van der Waals surface area contributed by atoms with Crippen molar-refractivity contribution in [2.75, 3.05) is 18.5 Å². The van der Waals surface area contributed by atoms with Gasteiger partial charge in [-0.05, 0) is 37.6 Å². The van der Waals surface area contributed by atoms with E-state index < -0.39 is 6.09 Å². The van der Waals surface area contributed by atoms with E-state index in [1.807, 2.05) is 19.1 Å². The number of hydrogen-bond donors (Lipinski definition) is 2. The van der Waals surface area contributed by atoms with Gasteiger partial charge in [0.2, 0.25) is 0 Å². The van der Waals surface area contributed by atoms with Gasteiger partial charge >= 0.3 is 6.09 Å². The Morgan fingerprint density at radius 3 is 2.89 bits per heavy atom. The number of ether oxygens (including phenoxy) is 1. The molecule has 0 radical (unpaired) electrons. The lowest BCUT2D eigenvalue weighted by atomic mass is 10.1. The van der Waals surface area contributed by atoms with E-state index in [0.29, 0.717) is 18.7 Å². The summed E-state index contributed by atoms with van der Waals surface area (Å²) in [4.78, 5) is 11.3. The highest BCUT2D eigenvalue weighted by molar-refractivity contribution is 5.85. The fourth-order valence-corrected chi connectivity index (χ4v) is 1.38. The van der Waals surface area contributed by atoms with Crippen LogP contribution in [0.25, 0.3) is 0 Å². The SMILES string of the molecule is CCOC(=O)Nc1ccc(C#CCCO)cc1C. The number of rotatable bonds is 3. The molecular weight excluding hydrogens is 230 g/mol. The maximum absolute atomic E-state index is 11.3. The lowest BCUT2D eigenvalue weighted by molar-refractivity contribution is 0.168. The van der Waals surface area contributed by atoms with Crippen molar-refractivity contribution in [1.82, 2.24) is 0 Å². The second-order valence-corrected chi connectivity index (χ2v) is 3.65. The van der Waals surface area contributed by atoms with Gasteiger partial charge in [-0.25, -0.2) is 4.79 Å². The quantitative estimate of drug-likeness (QED) is 0.806. The molecule has 96 valence electrons. The zero-order chi connectivity index (χ0) is 13.4. The van der Waals surface area contributed by atoms with E-state index in [1.165, 1.54) is 0 Å². The van der Waals surface area contributed by atoms with E-state index in [0.717, 1.165) is 11.1 Å². The molecule has 4 heteroatoms. The maximum atomic E-state index is 11.3. The van der Waals surface area contributed by atoms with E-state index in [4.69, 9.17) is 9.84 Å². The van der Waals surface area contributed by atoms with Crippen molar-refractivity contribution >= 4 is 11.8 Å². The first-order valence-electron chi connectivity index (χ1n) is 5.81. The number of anilines is 1. The average molecular weight is 247 g/mol. The lowest BCUT2D eigenvalue weighted by Crippen LogP contribution is -2.14. The van der Waals surface area contributed by atoms with Gasteiger partial charge in [-0.3, -0.25) is 5.32 Å². The summed E-state index contributed by atoms with van der Waals surface area (Å²) in [6.07, 6.45) is 0.00160. The second-order valence-electron chi connectivity index (χ2n) is 3.65. The molecule has 0 fully saturated rings. The molecule has 1 rings (SSSR count). The van der Waals surface area contributed by atoms with Crippen molar-refractivity contribution < 1.29 is 14.6 Å². The van der Waals surface area contributed by atoms with Crippen molar-refractivity contribution in [3.63, 3.8) is 0 Å². The number of carbonyl (C=O) groups excluding carboxylic acids is 1. The third-order valence-electron chi connectivity index (χ3n) is 2.21. The third kappa shape index (κ3) is 4.48. The molecule has 0 unspecified atom stereocenters. The van der Waals surface area contributed by atoms with Crippen molar-refractivity contribution in [3.05, 3.63) is 29.3 Å². The van der Waals surface area contributed by atoms with Crippen LogP contribution in [-0.2, 0) is 4.74 Å². The first-order valence-corrected chi connectivity index (χ1v) is 5.81. The number of amides is 1. The molecule has 0 bridgehead atoms. The van der Waals surface area contributed by atoms with Gasteiger partial charge in [0, 0.05) is 17.7 Å². The number of aliphatic hydroxyl groups excluding tert-OH is 1. The Labute approximate surface area is 107 Å². The molecule has 0 atom stereocenters. The fourth-order valence-electron chi connectivity index (χ4n) is 1.38. The van der Waals surface area contributed by atoms with E-state index in [2.05, 4.69) is 17.2 Å². The molecule has 0 aliphatic heterocycles. The van der Waals surface area contributed by atoms with E-state index in [1.54, 1.807) is 13.0 Å². The van der Waals surface area contributed by atoms with Crippen molar-refractivity contribution in [3.8, 4) is 11.8 Å². The Bertz CT molecular complexity index is 472. The summed E-state index contributed by atoms with van der Waals surface area (Å²) < 4.78 is 4.80. The minimum atomic E-state index is -0.459. The summed E-state index contributed by atoms with van der Waals surface area (Å²) in [7, 11) is 0. The molecule has 1 aromatic rings. The van der Waals surface area contributed by atoms with E-state index >= 15 is 0 Å². The summed E-state index contributed by atoms with van der Waals surface area (Å²) in [5.74, 6) is 5.79. The van der Waals surface area contributed by atoms with Gasteiger partial charge < -0.3 is 9.84 Å². The molecule has 0 saturated carbocycles. The topological polar surface area (TPSA) is 58.6 Å². The molecule has 0 saturated heterocycles. The largest absolute Gasteiger partial charge is 0.450 e. The predicted octanol–water partition coefficient (Wildman–Crippen LogP) is 2.30. The highest BCUT2D eigenvalue weighted by Crippen LogP contribution is 2.16. The molecule has 0 heterocycles. The van der Waals surface area contributed by atoms with Gasteiger partial charge in [0.1, 0.15) is 0 Å². The molecule has 2 N–H and O–H groups in total. The standard InChI is InChI=1S/C14H17NO3/c1-3-18-14(17)15-13-8-7-12(10-11(13)2)6-4-5-9-16/h7-8,10,16H,3,5,9H2,1-2H3,(H,15,17). The Balaban J connectivity index is 2.74. The zero-order valence-electron chi connectivity index (χ0n) is 10.6. The molecule has 0 aromatic heterocycles. The number of carbonyl (C=O) groups is 1. The Hall–Kier alpha value is -1.99. The van der Waals surface area contributed by atoms with Crippen LogP contribution in [0, 0.1) is 18.8 Å². The van der Waals surface area contributed by atoms with Crippen molar-refractivity contribution in [2.45, 2.75) is 20.3 Å². The smallest absolute Gasteiger partial charge is 0.411 e. The monoisotopic (exact) mass is 247 g/mol. The summed E-state index contributed by atoms with van der Waals surface area (Å²) in [5.41, 5.74) is 2.48. The molecule has 0 aliphatic carbocycles.